The first-order valence-electron chi connectivity index (χ1n) is 6.80. The third-order valence-electron chi connectivity index (χ3n) is 2.98. The van der Waals surface area contributed by atoms with Crippen LogP contribution in [-0.4, -0.2) is 19.6 Å². The third-order valence-corrected chi connectivity index (χ3v) is 3.60. The third kappa shape index (κ3) is 5.64. The van der Waals surface area contributed by atoms with Gasteiger partial charge < -0.3 is 10.1 Å². The van der Waals surface area contributed by atoms with Crippen LogP contribution in [0.25, 0.3) is 0 Å². The van der Waals surface area contributed by atoms with E-state index in [9.17, 15) is 4.79 Å². The van der Waals surface area contributed by atoms with Gasteiger partial charge in [-0.3, -0.25) is 4.79 Å². The molecule has 1 aromatic rings. The summed E-state index contributed by atoms with van der Waals surface area (Å²) in [4.78, 5) is 11.9. The number of methoxy groups -OCH3 is 1. The minimum Gasteiger partial charge on any atom is -0.496 e. The van der Waals surface area contributed by atoms with Crippen LogP contribution in [0.2, 0.25) is 0 Å². The first-order valence-corrected chi connectivity index (χ1v) is 7.60. The number of rotatable bonds is 8. The lowest BCUT2D eigenvalue weighted by Crippen LogP contribution is -2.24. The van der Waals surface area contributed by atoms with Crippen molar-refractivity contribution in [3.63, 3.8) is 0 Å². The van der Waals surface area contributed by atoms with Gasteiger partial charge in [0, 0.05) is 12.1 Å². The molecule has 0 aliphatic rings. The van der Waals surface area contributed by atoms with Crippen molar-refractivity contribution in [2.24, 2.45) is 0 Å². The predicted octanol–water partition coefficient (Wildman–Crippen LogP) is 4.16. The minimum absolute atomic E-state index is 0.0288. The van der Waals surface area contributed by atoms with Crippen LogP contribution < -0.4 is 10.1 Å². The molecule has 0 heterocycles. The van der Waals surface area contributed by atoms with Crippen molar-refractivity contribution < 1.29 is 9.53 Å². The Kier molecular flexibility index (Phi) is 7.56. The zero-order chi connectivity index (χ0) is 14.1. The fourth-order valence-corrected chi connectivity index (χ4v) is 2.38. The van der Waals surface area contributed by atoms with Crippen molar-refractivity contribution in [3.05, 3.63) is 28.2 Å². The van der Waals surface area contributed by atoms with Crippen molar-refractivity contribution in [2.45, 2.75) is 39.0 Å². The molecule has 106 valence electrons. The van der Waals surface area contributed by atoms with Gasteiger partial charge in [-0.1, -0.05) is 32.6 Å². The molecular weight excluding hydrogens is 306 g/mol. The molecule has 1 aromatic carbocycles. The lowest BCUT2D eigenvalue weighted by molar-refractivity contribution is 0.0953. The average Bonchev–Trinajstić information content (AvgIpc) is 2.42. The Balaban J connectivity index is 2.35. The molecule has 0 radical (unpaired) electrons. The van der Waals surface area contributed by atoms with E-state index in [2.05, 4.69) is 28.2 Å². The van der Waals surface area contributed by atoms with Crippen molar-refractivity contribution in [2.75, 3.05) is 13.7 Å². The smallest absolute Gasteiger partial charge is 0.251 e. The van der Waals surface area contributed by atoms with Crippen LogP contribution in [0, 0.1) is 0 Å². The van der Waals surface area contributed by atoms with E-state index in [1.165, 1.54) is 25.7 Å². The number of halogens is 1. The van der Waals surface area contributed by atoms with Crippen molar-refractivity contribution >= 4 is 21.8 Å². The van der Waals surface area contributed by atoms with Gasteiger partial charge in [-0.2, -0.15) is 0 Å². The van der Waals surface area contributed by atoms with Crippen LogP contribution in [0.4, 0.5) is 0 Å². The van der Waals surface area contributed by atoms with E-state index in [1.54, 1.807) is 25.3 Å². The molecule has 1 N–H and O–H groups in total. The number of hydrogen-bond donors (Lipinski definition) is 1. The van der Waals surface area contributed by atoms with Crippen molar-refractivity contribution in [3.8, 4) is 5.75 Å². The van der Waals surface area contributed by atoms with Crippen molar-refractivity contribution in [1.29, 1.82) is 0 Å². The first-order chi connectivity index (χ1) is 9.19. The van der Waals surface area contributed by atoms with Crippen LogP contribution in [0.3, 0.4) is 0 Å². The second-order valence-corrected chi connectivity index (χ2v) is 5.37. The van der Waals surface area contributed by atoms with Gasteiger partial charge in [0.25, 0.3) is 5.91 Å². The van der Waals surface area contributed by atoms with Gasteiger partial charge in [0.1, 0.15) is 5.75 Å². The number of ether oxygens (including phenoxy) is 1. The minimum atomic E-state index is -0.0288. The highest BCUT2D eigenvalue weighted by molar-refractivity contribution is 9.10. The zero-order valence-corrected chi connectivity index (χ0v) is 13.3. The van der Waals surface area contributed by atoms with E-state index in [1.807, 2.05) is 0 Å². The van der Waals surface area contributed by atoms with Gasteiger partial charge >= 0.3 is 0 Å². The monoisotopic (exact) mass is 327 g/mol. The Morgan fingerprint density at radius 2 is 2.00 bits per heavy atom. The van der Waals surface area contributed by atoms with Gasteiger partial charge in [-0.25, -0.2) is 0 Å². The van der Waals surface area contributed by atoms with E-state index in [-0.39, 0.29) is 5.91 Å². The molecule has 0 aliphatic heterocycles. The lowest BCUT2D eigenvalue weighted by Gasteiger charge is -2.07. The van der Waals surface area contributed by atoms with Crippen LogP contribution in [-0.2, 0) is 0 Å². The first kappa shape index (κ1) is 16.0. The highest BCUT2D eigenvalue weighted by atomic mass is 79.9. The summed E-state index contributed by atoms with van der Waals surface area (Å²) >= 11 is 3.38. The molecule has 0 fully saturated rings. The van der Waals surface area contributed by atoms with Crippen LogP contribution in [0.5, 0.6) is 5.75 Å². The Morgan fingerprint density at radius 3 is 2.63 bits per heavy atom. The topological polar surface area (TPSA) is 38.3 Å². The standard InChI is InChI=1S/C15H22BrNO2/c1-3-4-5-6-7-10-17-15(18)12-8-9-14(19-2)13(16)11-12/h8-9,11H,3-7,10H2,1-2H3,(H,17,18). The molecule has 0 aliphatic carbocycles. The summed E-state index contributed by atoms with van der Waals surface area (Å²) in [6, 6.07) is 5.35. The predicted molar refractivity (Wildman–Crippen MR) is 81.8 cm³/mol. The lowest BCUT2D eigenvalue weighted by atomic mass is 10.1. The fourth-order valence-electron chi connectivity index (χ4n) is 1.84. The molecule has 0 saturated heterocycles. The van der Waals surface area contributed by atoms with Crippen LogP contribution in [0.15, 0.2) is 22.7 Å². The summed E-state index contributed by atoms with van der Waals surface area (Å²) < 4.78 is 5.93. The highest BCUT2D eigenvalue weighted by Crippen LogP contribution is 2.25. The van der Waals surface area contributed by atoms with Gasteiger partial charge in [-0.05, 0) is 40.5 Å². The molecule has 3 nitrogen and oxygen atoms in total. The molecular formula is C15H22BrNO2. The van der Waals surface area contributed by atoms with Crippen molar-refractivity contribution in [1.82, 2.24) is 5.32 Å². The van der Waals surface area contributed by atoms with E-state index in [0.29, 0.717) is 5.56 Å². The van der Waals surface area contributed by atoms with Crippen LogP contribution in [0.1, 0.15) is 49.4 Å². The SMILES string of the molecule is CCCCCCCNC(=O)c1ccc(OC)c(Br)c1. The second kappa shape index (κ2) is 8.97. The highest BCUT2D eigenvalue weighted by Gasteiger charge is 2.07. The number of nitrogens with one attached hydrogen (secondary N) is 1. The maximum Gasteiger partial charge on any atom is 0.251 e. The van der Waals surface area contributed by atoms with E-state index in [0.717, 1.165) is 23.2 Å². The summed E-state index contributed by atoms with van der Waals surface area (Å²) in [6.45, 7) is 2.94. The number of carbonyl (C=O) groups is 1. The number of benzene rings is 1. The Morgan fingerprint density at radius 1 is 1.26 bits per heavy atom. The van der Waals surface area contributed by atoms with Gasteiger partial charge in [-0.15, -0.1) is 0 Å². The number of unbranched alkanes of at least 4 members (excludes halogenated alkanes) is 4. The molecule has 0 bridgehead atoms. The van der Waals surface area contributed by atoms with E-state index < -0.39 is 0 Å². The Labute approximate surface area is 123 Å². The molecule has 19 heavy (non-hydrogen) atoms. The Bertz CT molecular complexity index is 407. The normalized spacial score (nSPS) is 10.3. The molecule has 0 aromatic heterocycles. The number of carbonyl (C=O) groups excluding carboxylic acids is 1. The summed E-state index contributed by atoms with van der Waals surface area (Å²) in [6.07, 6.45) is 6.00. The summed E-state index contributed by atoms with van der Waals surface area (Å²) in [5.41, 5.74) is 0.654. The van der Waals surface area contributed by atoms with Gasteiger partial charge in [0.15, 0.2) is 0 Å². The number of hydrogen-bond acceptors (Lipinski definition) is 2. The molecule has 0 saturated carbocycles. The Hall–Kier alpha value is -1.03. The molecule has 0 unspecified atom stereocenters. The molecule has 0 spiro atoms. The quantitative estimate of drug-likeness (QED) is 0.728. The fraction of sp³-hybridized carbons (Fsp3) is 0.533. The average molecular weight is 328 g/mol. The summed E-state index contributed by atoms with van der Waals surface area (Å²) in [7, 11) is 1.61. The molecule has 4 heteroatoms. The maximum absolute atomic E-state index is 11.9. The molecule has 1 rings (SSSR count). The summed E-state index contributed by atoms with van der Waals surface area (Å²) in [5.74, 6) is 0.704. The van der Waals surface area contributed by atoms with Gasteiger partial charge in [0.05, 0.1) is 11.6 Å². The van der Waals surface area contributed by atoms with E-state index >= 15 is 0 Å². The van der Waals surface area contributed by atoms with E-state index in [4.69, 9.17) is 4.74 Å². The largest absolute Gasteiger partial charge is 0.496 e. The second-order valence-electron chi connectivity index (χ2n) is 4.52. The molecule has 1 amide bonds. The zero-order valence-electron chi connectivity index (χ0n) is 11.7. The number of amides is 1. The van der Waals surface area contributed by atoms with Crippen LogP contribution >= 0.6 is 15.9 Å². The van der Waals surface area contributed by atoms with Gasteiger partial charge in [0.2, 0.25) is 0 Å². The molecule has 0 atom stereocenters. The maximum atomic E-state index is 11.9. The summed E-state index contributed by atoms with van der Waals surface area (Å²) in [5, 5.41) is 2.94.